The summed E-state index contributed by atoms with van der Waals surface area (Å²) in [5.41, 5.74) is 0. The molecule has 1 aliphatic rings. The van der Waals surface area contributed by atoms with Crippen LogP contribution in [-0.2, 0) is 0 Å². The van der Waals surface area contributed by atoms with Crippen molar-refractivity contribution in [2.45, 2.75) is 40.0 Å². The van der Waals surface area contributed by atoms with Gasteiger partial charge in [0.25, 0.3) is 0 Å². The number of anilines is 1. The quantitative estimate of drug-likeness (QED) is 0.794. The first-order valence-corrected chi connectivity index (χ1v) is 7.56. The van der Waals surface area contributed by atoms with E-state index >= 15 is 0 Å². The van der Waals surface area contributed by atoms with Gasteiger partial charge in [0.15, 0.2) is 0 Å². The number of aromatic nitrogens is 2. The number of nitrogens with zero attached hydrogens (tertiary/aromatic N) is 3. The van der Waals surface area contributed by atoms with Crippen molar-refractivity contribution in [1.82, 2.24) is 9.97 Å². The third kappa shape index (κ3) is 3.02. The molecule has 0 N–H and O–H groups in total. The fraction of sp³-hybridized carbons (Fsp3) is 0.714. The highest BCUT2D eigenvalue weighted by molar-refractivity contribution is 9.10. The Bertz CT molecular complexity index is 418. The topological polar surface area (TPSA) is 29.0 Å². The fourth-order valence-electron chi connectivity index (χ4n) is 2.38. The van der Waals surface area contributed by atoms with Gasteiger partial charge in [-0.15, -0.1) is 0 Å². The Morgan fingerprint density at radius 3 is 2.56 bits per heavy atom. The molecule has 0 amide bonds. The molecule has 1 saturated heterocycles. The molecule has 1 aliphatic heterocycles. The van der Waals surface area contributed by atoms with Crippen molar-refractivity contribution >= 4 is 21.7 Å². The fourth-order valence-corrected chi connectivity index (χ4v) is 2.77. The maximum Gasteiger partial charge on any atom is 0.134 e. The molecule has 3 nitrogen and oxygen atoms in total. The second-order valence-corrected chi connectivity index (χ2v) is 6.61. The van der Waals surface area contributed by atoms with E-state index in [0.29, 0.717) is 5.92 Å². The van der Waals surface area contributed by atoms with Crippen molar-refractivity contribution in [3.8, 4) is 0 Å². The van der Waals surface area contributed by atoms with Gasteiger partial charge in [0.2, 0.25) is 0 Å². The van der Waals surface area contributed by atoms with E-state index in [1.54, 1.807) is 0 Å². The highest BCUT2D eigenvalue weighted by Crippen LogP contribution is 2.29. The van der Waals surface area contributed by atoms with Gasteiger partial charge in [0, 0.05) is 25.1 Å². The Labute approximate surface area is 118 Å². The van der Waals surface area contributed by atoms with Crippen molar-refractivity contribution in [1.29, 1.82) is 0 Å². The van der Waals surface area contributed by atoms with Gasteiger partial charge in [-0.05, 0) is 34.2 Å². The molecule has 1 aromatic rings. The van der Waals surface area contributed by atoms with E-state index in [-0.39, 0.29) is 0 Å². The maximum absolute atomic E-state index is 4.69. The molecular weight excluding hydrogens is 290 g/mol. The summed E-state index contributed by atoms with van der Waals surface area (Å²) >= 11 is 3.49. The molecule has 1 fully saturated rings. The molecule has 0 spiro atoms. The van der Waals surface area contributed by atoms with Crippen LogP contribution in [0.15, 0.2) is 10.7 Å². The van der Waals surface area contributed by atoms with Gasteiger partial charge in [-0.3, -0.25) is 0 Å². The molecule has 0 aliphatic carbocycles. The lowest BCUT2D eigenvalue weighted by molar-refractivity contribution is 0.422. The molecule has 0 aromatic carbocycles. The van der Waals surface area contributed by atoms with E-state index in [4.69, 9.17) is 4.98 Å². The first-order valence-electron chi connectivity index (χ1n) is 6.76. The highest BCUT2D eigenvalue weighted by Gasteiger charge is 2.26. The van der Waals surface area contributed by atoms with Crippen molar-refractivity contribution in [3.05, 3.63) is 16.5 Å². The van der Waals surface area contributed by atoms with Gasteiger partial charge in [-0.2, -0.15) is 0 Å². The average molecular weight is 312 g/mol. The summed E-state index contributed by atoms with van der Waals surface area (Å²) in [4.78, 5) is 11.5. The zero-order valence-corrected chi connectivity index (χ0v) is 13.2. The van der Waals surface area contributed by atoms with Gasteiger partial charge in [-0.25, -0.2) is 9.97 Å². The smallest absolute Gasteiger partial charge is 0.134 e. The summed E-state index contributed by atoms with van der Waals surface area (Å²) in [7, 11) is 0. The molecule has 0 bridgehead atoms. The van der Waals surface area contributed by atoms with E-state index in [0.717, 1.165) is 41.2 Å². The van der Waals surface area contributed by atoms with E-state index in [1.165, 1.54) is 6.42 Å². The normalized spacial score (nSPS) is 20.2. The van der Waals surface area contributed by atoms with Gasteiger partial charge in [0.05, 0.1) is 0 Å². The van der Waals surface area contributed by atoms with Crippen LogP contribution in [-0.4, -0.2) is 23.1 Å². The molecular formula is C14H22BrN3. The van der Waals surface area contributed by atoms with Crippen LogP contribution >= 0.6 is 15.9 Å². The Morgan fingerprint density at radius 1 is 1.28 bits per heavy atom. The molecule has 2 rings (SSSR count). The summed E-state index contributed by atoms with van der Waals surface area (Å²) in [6.45, 7) is 11.1. The number of hydrogen-bond donors (Lipinski definition) is 0. The Morgan fingerprint density at radius 2 is 2.00 bits per heavy atom. The molecule has 1 aromatic heterocycles. The minimum Gasteiger partial charge on any atom is -0.356 e. The Hall–Kier alpha value is -0.640. The van der Waals surface area contributed by atoms with Gasteiger partial charge in [0.1, 0.15) is 16.2 Å². The molecule has 0 saturated carbocycles. The summed E-state index contributed by atoms with van der Waals surface area (Å²) in [5.74, 6) is 3.91. The van der Waals surface area contributed by atoms with Crippen LogP contribution in [0.3, 0.4) is 0 Å². The Balaban J connectivity index is 2.19. The van der Waals surface area contributed by atoms with Crippen molar-refractivity contribution in [2.24, 2.45) is 11.8 Å². The molecule has 2 heterocycles. The predicted octanol–water partition coefficient (Wildman–Crippen LogP) is 3.84. The lowest BCUT2D eigenvalue weighted by Gasteiger charge is -2.20. The molecule has 0 radical (unpaired) electrons. The van der Waals surface area contributed by atoms with Crippen LogP contribution < -0.4 is 4.90 Å². The van der Waals surface area contributed by atoms with Crippen molar-refractivity contribution in [2.75, 3.05) is 18.0 Å². The predicted molar refractivity (Wildman–Crippen MR) is 79.0 cm³/mol. The highest BCUT2D eigenvalue weighted by atomic mass is 79.9. The molecule has 4 heteroatoms. The SMILES string of the molecule is CC(C)c1nc(Br)cc(N2CCC(C(C)C)C2)n1. The Kier molecular flexibility index (Phi) is 4.25. The largest absolute Gasteiger partial charge is 0.356 e. The third-order valence-corrected chi connectivity index (χ3v) is 4.11. The average Bonchev–Trinajstić information content (AvgIpc) is 2.77. The van der Waals surface area contributed by atoms with Crippen LogP contribution in [0.25, 0.3) is 0 Å². The molecule has 100 valence electrons. The zero-order valence-electron chi connectivity index (χ0n) is 11.7. The van der Waals surface area contributed by atoms with E-state index < -0.39 is 0 Å². The monoisotopic (exact) mass is 311 g/mol. The van der Waals surface area contributed by atoms with Crippen molar-refractivity contribution in [3.63, 3.8) is 0 Å². The second kappa shape index (κ2) is 5.55. The molecule has 1 unspecified atom stereocenters. The van der Waals surface area contributed by atoms with Gasteiger partial charge in [-0.1, -0.05) is 27.7 Å². The third-order valence-electron chi connectivity index (χ3n) is 3.71. The van der Waals surface area contributed by atoms with E-state index in [2.05, 4.69) is 53.5 Å². The lowest BCUT2D eigenvalue weighted by Crippen LogP contribution is -2.23. The first kappa shape index (κ1) is 13.8. The second-order valence-electron chi connectivity index (χ2n) is 5.80. The van der Waals surface area contributed by atoms with Crippen LogP contribution in [0.5, 0.6) is 0 Å². The van der Waals surface area contributed by atoms with Crippen LogP contribution in [0.1, 0.15) is 45.9 Å². The van der Waals surface area contributed by atoms with Crippen LogP contribution in [0.2, 0.25) is 0 Å². The van der Waals surface area contributed by atoms with Gasteiger partial charge >= 0.3 is 0 Å². The van der Waals surface area contributed by atoms with Crippen LogP contribution in [0, 0.1) is 11.8 Å². The lowest BCUT2D eigenvalue weighted by atomic mass is 9.95. The molecule has 18 heavy (non-hydrogen) atoms. The summed E-state index contributed by atoms with van der Waals surface area (Å²) < 4.78 is 0.893. The van der Waals surface area contributed by atoms with Crippen molar-refractivity contribution < 1.29 is 0 Å². The minimum absolute atomic E-state index is 0.366. The van der Waals surface area contributed by atoms with E-state index in [9.17, 15) is 0 Å². The van der Waals surface area contributed by atoms with Crippen LogP contribution in [0.4, 0.5) is 5.82 Å². The number of hydrogen-bond acceptors (Lipinski definition) is 3. The number of halogens is 1. The van der Waals surface area contributed by atoms with E-state index in [1.807, 2.05) is 6.07 Å². The molecule has 1 atom stereocenters. The summed E-state index contributed by atoms with van der Waals surface area (Å²) in [6, 6.07) is 2.04. The standard InChI is InChI=1S/C14H22BrN3/c1-9(2)11-5-6-18(8-11)13-7-12(15)16-14(17-13)10(3)4/h7,9-11H,5-6,8H2,1-4H3. The summed E-state index contributed by atoms with van der Waals surface area (Å²) in [5, 5.41) is 0. The minimum atomic E-state index is 0.366. The zero-order chi connectivity index (χ0) is 13.3. The van der Waals surface area contributed by atoms with Gasteiger partial charge < -0.3 is 4.90 Å². The first-order chi connectivity index (χ1) is 8.47. The number of rotatable bonds is 3. The summed E-state index contributed by atoms with van der Waals surface area (Å²) in [6.07, 6.45) is 1.27. The maximum atomic E-state index is 4.69.